The van der Waals surface area contributed by atoms with Gasteiger partial charge in [0.15, 0.2) is 0 Å². The van der Waals surface area contributed by atoms with Gasteiger partial charge in [-0.3, -0.25) is 0 Å². The normalized spacial score (nSPS) is 12.3. The van der Waals surface area contributed by atoms with E-state index in [1.54, 1.807) is 24.3 Å². The molecule has 1 unspecified atom stereocenters. The first-order chi connectivity index (χ1) is 11.2. The molecule has 0 aliphatic heterocycles. The topological polar surface area (TPSA) is 62.6 Å². The molecule has 5 nitrogen and oxygen atoms in total. The molecule has 1 atom stereocenters. The van der Waals surface area contributed by atoms with Gasteiger partial charge in [-0.15, -0.1) is 0 Å². The Morgan fingerprint density at radius 1 is 1.30 bits per heavy atom. The number of rotatable bonds is 12. The molecule has 0 N–H and O–H groups in total. The van der Waals surface area contributed by atoms with Crippen molar-refractivity contribution in [3.05, 3.63) is 29.8 Å². The molecular weight excluding hydrogens is 427 g/mol. The third kappa shape index (κ3) is 9.25. The van der Waals surface area contributed by atoms with Crippen LogP contribution in [-0.4, -0.2) is 43.8 Å². The molecule has 0 bridgehead atoms. The molecule has 130 valence electrons. The molecule has 0 saturated heterocycles. The number of alkyl halides is 1. The van der Waals surface area contributed by atoms with Gasteiger partial charge in [-0.1, -0.05) is 0 Å². The fourth-order valence-corrected chi connectivity index (χ4v) is 4.21. The molecule has 0 heterocycles. The molecule has 7 heteroatoms. The van der Waals surface area contributed by atoms with Gasteiger partial charge in [0.05, 0.1) is 0 Å². The number of hydrogen-bond donors (Lipinski definition) is 0. The number of nitrogens with zero attached hydrogens (tertiary/aromatic N) is 2. The zero-order valence-electron chi connectivity index (χ0n) is 13.7. The Kier molecular flexibility index (Phi) is 11.2. The van der Waals surface area contributed by atoms with Crippen molar-refractivity contribution < 1.29 is 35.2 Å². The fourth-order valence-electron chi connectivity index (χ4n) is 1.80. The van der Waals surface area contributed by atoms with E-state index >= 15 is 0 Å². The summed E-state index contributed by atoms with van der Waals surface area (Å²) in [6.07, 6.45) is 1.92. The van der Waals surface area contributed by atoms with Crippen molar-refractivity contribution in [1.29, 1.82) is 5.26 Å². The second kappa shape index (κ2) is 12.7. The summed E-state index contributed by atoms with van der Waals surface area (Å²) in [6, 6.07) is 9.02. The van der Waals surface area contributed by atoms with Gasteiger partial charge < -0.3 is 0 Å². The van der Waals surface area contributed by atoms with Crippen LogP contribution in [0.3, 0.4) is 0 Å². The summed E-state index contributed by atoms with van der Waals surface area (Å²) in [7, 11) is -0.676. The van der Waals surface area contributed by atoms with Crippen molar-refractivity contribution in [3.8, 4) is 11.8 Å². The maximum absolute atomic E-state index is 11.6. The van der Waals surface area contributed by atoms with Crippen LogP contribution < -0.4 is 26.2 Å². The second-order valence-corrected chi connectivity index (χ2v) is 8.81. The molecule has 0 saturated carbocycles. The first kappa shape index (κ1) is 20.4. The van der Waals surface area contributed by atoms with Gasteiger partial charge in [0.25, 0.3) is 0 Å². The summed E-state index contributed by atoms with van der Waals surface area (Å²) in [4.78, 5) is 2.19. The predicted molar refractivity (Wildman–Crippen MR) is 88.0 cm³/mol. The maximum atomic E-state index is 11.6. The quantitative estimate of drug-likeness (QED) is 0.139. The first-order valence-corrected chi connectivity index (χ1v) is 12.1. The van der Waals surface area contributed by atoms with E-state index in [1.807, 2.05) is 0 Å². The van der Waals surface area contributed by atoms with Crippen LogP contribution in [0.25, 0.3) is 0 Å². The van der Waals surface area contributed by atoms with Gasteiger partial charge in [0, 0.05) is 0 Å². The van der Waals surface area contributed by atoms with Gasteiger partial charge in [0.1, 0.15) is 0 Å². The SMILES string of the molecule is CCCS(=O)CCCN(COCOc1ccc(C#N)cc1)[I-]C. The average Bonchev–Trinajstić information content (AvgIpc) is 2.57. The Morgan fingerprint density at radius 2 is 2.04 bits per heavy atom. The zero-order valence-corrected chi connectivity index (χ0v) is 16.6. The summed E-state index contributed by atoms with van der Waals surface area (Å²) in [6.45, 7) is 3.72. The number of benzene rings is 1. The van der Waals surface area contributed by atoms with E-state index in [0.29, 0.717) is 18.0 Å². The average molecular weight is 451 g/mol. The molecule has 0 aromatic heterocycles. The van der Waals surface area contributed by atoms with Gasteiger partial charge in [0.2, 0.25) is 0 Å². The monoisotopic (exact) mass is 451 g/mol. The zero-order chi connectivity index (χ0) is 16.9. The summed E-state index contributed by atoms with van der Waals surface area (Å²) in [5, 5.41) is 8.73. The van der Waals surface area contributed by atoms with Crippen LogP contribution in [0.1, 0.15) is 25.3 Å². The Bertz CT molecular complexity index is 505. The predicted octanol–water partition coefficient (Wildman–Crippen LogP) is -0.647. The van der Waals surface area contributed by atoms with E-state index in [1.165, 1.54) is 0 Å². The van der Waals surface area contributed by atoms with Gasteiger partial charge in [-0.05, 0) is 0 Å². The number of ether oxygens (including phenoxy) is 2. The van der Waals surface area contributed by atoms with E-state index in [2.05, 4.69) is 21.0 Å². The minimum absolute atomic E-state index is 0.0612. The summed E-state index contributed by atoms with van der Waals surface area (Å²) in [5.74, 6) is 2.27. The second-order valence-electron chi connectivity index (χ2n) is 4.79. The Hall–Kier alpha value is -0.690. The van der Waals surface area contributed by atoms with E-state index in [0.717, 1.165) is 30.9 Å². The van der Waals surface area contributed by atoms with Crippen molar-refractivity contribution >= 4 is 10.8 Å². The molecule has 1 aromatic rings. The van der Waals surface area contributed by atoms with E-state index in [-0.39, 0.29) is 28.3 Å². The molecule has 0 fully saturated rings. The standard InChI is InChI=1S/C16H24IN2O3S/c1-3-10-23(20)11-4-9-19(17-2)13-21-14-22-16-7-5-15(12-18)6-8-16/h5-8H,3-4,9-11,13-14H2,1-2H3/q-1. The van der Waals surface area contributed by atoms with Crippen molar-refractivity contribution in [2.24, 2.45) is 0 Å². The third-order valence-corrected chi connectivity index (χ3v) is 6.70. The first-order valence-electron chi connectivity index (χ1n) is 7.50. The number of halogens is 1. The van der Waals surface area contributed by atoms with Crippen LogP contribution in [0.4, 0.5) is 0 Å². The molecule has 0 aliphatic carbocycles. The van der Waals surface area contributed by atoms with E-state index in [9.17, 15) is 4.21 Å². The van der Waals surface area contributed by atoms with Crippen LogP contribution in [0.15, 0.2) is 24.3 Å². The molecule has 0 spiro atoms. The number of hydrogen-bond acceptors (Lipinski definition) is 5. The summed E-state index contributed by atoms with van der Waals surface area (Å²) >= 11 is -0.0612. The Balaban J connectivity index is 2.16. The minimum atomic E-state index is -0.676. The van der Waals surface area contributed by atoms with Gasteiger partial charge in [-0.25, -0.2) is 0 Å². The fraction of sp³-hybridized carbons (Fsp3) is 0.562. The molecular formula is C16H24IN2O3S-. The third-order valence-electron chi connectivity index (χ3n) is 2.97. The molecule has 0 aliphatic rings. The van der Waals surface area contributed by atoms with Crippen LogP contribution in [-0.2, 0) is 15.5 Å². The van der Waals surface area contributed by atoms with Crippen molar-refractivity contribution in [2.45, 2.75) is 19.8 Å². The van der Waals surface area contributed by atoms with Crippen molar-refractivity contribution in [1.82, 2.24) is 3.11 Å². The summed E-state index contributed by atoms with van der Waals surface area (Å²) in [5.41, 5.74) is 0.612. The van der Waals surface area contributed by atoms with Crippen LogP contribution in [0.5, 0.6) is 5.75 Å². The molecule has 1 aromatic carbocycles. The van der Waals surface area contributed by atoms with Gasteiger partial charge in [-0.2, -0.15) is 0 Å². The van der Waals surface area contributed by atoms with E-state index in [4.69, 9.17) is 14.7 Å². The van der Waals surface area contributed by atoms with Crippen LogP contribution >= 0.6 is 0 Å². The molecule has 0 amide bonds. The molecule has 1 rings (SSSR count). The van der Waals surface area contributed by atoms with E-state index < -0.39 is 10.8 Å². The summed E-state index contributed by atoms with van der Waals surface area (Å²) < 4.78 is 24.9. The Morgan fingerprint density at radius 3 is 2.65 bits per heavy atom. The number of nitriles is 1. The van der Waals surface area contributed by atoms with Crippen molar-refractivity contribution in [3.63, 3.8) is 0 Å². The molecule has 23 heavy (non-hydrogen) atoms. The Labute approximate surface area is 152 Å². The van der Waals surface area contributed by atoms with Crippen LogP contribution in [0, 0.1) is 11.3 Å². The van der Waals surface area contributed by atoms with Gasteiger partial charge >= 0.3 is 152 Å². The van der Waals surface area contributed by atoms with Crippen LogP contribution in [0.2, 0.25) is 0 Å². The van der Waals surface area contributed by atoms with Crippen molar-refractivity contribution in [2.75, 3.05) is 36.5 Å². The molecule has 0 radical (unpaired) electrons.